The summed E-state index contributed by atoms with van der Waals surface area (Å²) in [6.07, 6.45) is 0.922. The first kappa shape index (κ1) is 14.3. The van der Waals surface area contributed by atoms with Crippen LogP contribution in [-0.2, 0) is 4.79 Å². The maximum atomic E-state index is 11.3. The molecule has 2 aromatic rings. The monoisotopic (exact) mass is 274 g/mol. The van der Waals surface area contributed by atoms with Gasteiger partial charge in [0.2, 0.25) is 0 Å². The number of aliphatic carboxylic acids is 1. The Morgan fingerprint density at radius 3 is 2.55 bits per heavy atom. The molecule has 0 amide bonds. The standard InChI is InChI=1S/C16H18O4/c1-20-14-7-6-11-9-13(5-4-12(11)10-14)15(16(18)19)3-2-8-17/h4-7,9-10,15,17H,2-3,8H2,1H3,(H,18,19)/t15-/m0/s1. The van der Waals surface area contributed by atoms with Gasteiger partial charge in [0.1, 0.15) is 5.75 Å². The molecule has 0 bridgehead atoms. The second-order valence-electron chi connectivity index (χ2n) is 4.73. The van der Waals surface area contributed by atoms with Crippen LogP contribution >= 0.6 is 0 Å². The van der Waals surface area contributed by atoms with Crippen molar-refractivity contribution in [2.24, 2.45) is 0 Å². The first-order valence-corrected chi connectivity index (χ1v) is 6.57. The van der Waals surface area contributed by atoms with Gasteiger partial charge in [-0.2, -0.15) is 0 Å². The van der Waals surface area contributed by atoms with Gasteiger partial charge < -0.3 is 14.9 Å². The lowest BCUT2D eigenvalue weighted by Gasteiger charge is -2.13. The predicted octanol–water partition coefficient (Wildman–Crippen LogP) is 2.79. The van der Waals surface area contributed by atoms with Crippen LogP contribution in [0.2, 0.25) is 0 Å². The zero-order valence-corrected chi connectivity index (χ0v) is 11.4. The zero-order valence-electron chi connectivity index (χ0n) is 11.4. The number of aliphatic hydroxyl groups is 1. The molecule has 0 aliphatic heterocycles. The molecule has 4 nitrogen and oxygen atoms in total. The highest BCUT2D eigenvalue weighted by atomic mass is 16.5. The summed E-state index contributed by atoms with van der Waals surface area (Å²) >= 11 is 0. The molecule has 0 fully saturated rings. The first-order valence-electron chi connectivity index (χ1n) is 6.57. The van der Waals surface area contributed by atoms with Crippen molar-refractivity contribution in [2.75, 3.05) is 13.7 Å². The van der Waals surface area contributed by atoms with Crippen LogP contribution in [0.5, 0.6) is 5.75 Å². The van der Waals surface area contributed by atoms with Gasteiger partial charge in [0, 0.05) is 6.61 Å². The van der Waals surface area contributed by atoms with E-state index in [1.54, 1.807) is 7.11 Å². The zero-order chi connectivity index (χ0) is 14.5. The van der Waals surface area contributed by atoms with Crippen molar-refractivity contribution < 1.29 is 19.7 Å². The molecular formula is C16H18O4. The van der Waals surface area contributed by atoms with Gasteiger partial charge in [-0.1, -0.05) is 24.3 Å². The minimum absolute atomic E-state index is 0.00849. The fourth-order valence-corrected chi connectivity index (χ4v) is 2.31. The number of rotatable bonds is 6. The Bertz CT molecular complexity index is 606. The number of carboxylic acid groups (broad SMARTS) is 1. The Balaban J connectivity index is 2.36. The van der Waals surface area contributed by atoms with E-state index in [0.29, 0.717) is 12.8 Å². The highest BCUT2D eigenvalue weighted by Crippen LogP contribution is 2.27. The molecule has 2 aromatic carbocycles. The minimum atomic E-state index is -0.855. The molecule has 2 N–H and O–H groups in total. The van der Waals surface area contributed by atoms with Gasteiger partial charge in [-0.25, -0.2) is 0 Å². The van der Waals surface area contributed by atoms with Gasteiger partial charge in [-0.05, 0) is 41.3 Å². The van der Waals surface area contributed by atoms with Crippen LogP contribution in [0.25, 0.3) is 10.8 Å². The third-order valence-electron chi connectivity index (χ3n) is 3.42. The van der Waals surface area contributed by atoms with E-state index < -0.39 is 11.9 Å². The number of aliphatic hydroxyl groups excluding tert-OH is 1. The van der Waals surface area contributed by atoms with Crippen LogP contribution < -0.4 is 4.74 Å². The largest absolute Gasteiger partial charge is 0.497 e. The van der Waals surface area contributed by atoms with Crippen LogP contribution in [0.1, 0.15) is 24.3 Å². The van der Waals surface area contributed by atoms with Crippen molar-refractivity contribution in [3.05, 3.63) is 42.0 Å². The van der Waals surface area contributed by atoms with Crippen molar-refractivity contribution in [3.63, 3.8) is 0 Å². The number of carbonyl (C=O) groups is 1. The van der Waals surface area contributed by atoms with Crippen LogP contribution in [0.15, 0.2) is 36.4 Å². The molecule has 20 heavy (non-hydrogen) atoms. The topological polar surface area (TPSA) is 66.8 Å². The maximum Gasteiger partial charge on any atom is 0.310 e. The molecule has 0 radical (unpaired) electrons. The van der Waals surface area contributed by atoms with Crippen molar-refractivity contribution in [1.82, 2.24) is 0 Å². The minimum Gasteiger partial charge on any atom is -0.497 e. The number of ether oxygens (including phenoxy) is 1. The highest BCUT2D eigenvalue weighted by molar-refractivity contribution is 5.86. The van der Waals surface area contributed by atoms with Gasteiger partial charge in [-0.3, -0.25) is 4.79 Å². The van der Waals surface area contributed by atoms with Crippen molar-refractivity contribution in [3.8, 4) is 5.75 Å². The van der Waals surface area contributed by atoms with E-state index in [1.165, 1.54) is 0 Å². The molecule has 0 aliphatic carbocycles. The van der Waals surface area contributed by atoms with Gasteiger partial charge in [0.15, 0.2) is 0 Å². The Morgan fingerprint density at radius 2 is 1.90 bits per heavy atom. The average molecular weight is 274 g/mol. The van der Waals surface area contributed by atoms with E-state index in [1.807, 2.05) is 36.4 Å². The molecule has 0 unspecified atom stereocenters. The second-order valence-corrected chi connectivity index (χ2v) is 4.73. The van der Waals surface area contributed by atoms with E-state index in [9.17, 15) is 9.90 Å². The number of carboxylic acids is 1. The summed E-state index contributed by atoms with van der Waals surface area (Å²) in [6.45, 7) is 0.00849. The Kier molecular flexibility index (Phi) is 4.58. The third kappa shape index (κ3) is 3.08. The second kappa shape index (κ2) is 6.39. The summed E-state index contributed by atoms with van der Waals surface area (Å²) in [5.74, 6) is -0.653. The summed E-state index contributed by atoms with van der Waals surface area (Å²) in [7, 11) is 1.62. The summed E-state index contributed by atoms with van der Waals surface area (Å²) < 4.78 is 5.17. The van der Waals surface area contributed by atoms with Crippen LogP contribution in [0.4, 0.5) is 0 Å². The molecule has 0 aromatic heterocycles. The fraction of sp³-hybridized carbons (Fsp3) is 0.312. The number of fused-ring (bicyclic) bond motifs is 1. The first-order chi connectivity index (χ1) is 9.65. The van der Waals surface area contributed by atoms with E-state index in [2.05, 4.69) is 0 Å². The number of hydrogen-bond acceptors (Lipinski definition) is 3. The molecule has 0 saturated heterocycles. The molecule has 0 aliphatic rings. The summed E-state index contributed by atoms with van der Waals surface area (Å²) in [4.78, 5) is 11.3. The van der Waals surface area contributed by atoms with E-state index in [4.69, 9.17) is 9.84 Å². The van der Waals surface area contributed by atoms with Crippen LogP contribution in [0.3, 0.4) is 0 Å². The fourth-order valence-electron chi connectivity index (χ4n) is 2.31. The summed E-state index contributed by atoms with van der Waals surface area (Å²) in [6, 6.07) is 11.3. The van der Waals surface area contributed by atoms with Crippen LogP contribution in [0, 0.1) is 0 Å². The SMILES string of the molecule is COc1ccc2cc([C@H](CCCO)C(=O)O)ccc2c1. The highest BCUT2D eigenvalue weighted by Gasteiger charge is 2.19. The molecule has 1 atom stereocenters. The summed E-state index contributed by atoms with van der Waals surface area (Å²) in [5, 5.41) is 20.2. The molecule has 4 heteroatoms. The van der Waals surface area contributed by atoms with Gasteiger partial charge in [0.25, 0.3) is 0 Å². The maximum absolute atomic E-state index is 11.3. The summed E-state index contributed by atoms with van der Waals surface area (Å²) in [5.41, 5.74) is 0.767. The number of benzene rings is 2. The number of methoxy groups -OCH3 is 1. The average Bonchev–Trinajstić information content (AvgIpc) is 2.46. The quantitative estimate of drug-likeness (QED) is 0.850. The van der Waals surface area contributed by atoms with Gasteiger partial charge in [0.05, 0.1) is 13.0 Å². The van der Waals surface area contributed by atoms with Crippen molar-refractivity contribution >= 4 is 16.7 Å². The Hall–Kier alpha value is -2.07. The lowest BCUT2D eigenvalue weighted by molar-refractivity contribution is -0.139. The number of hydrogen-bond donors (Lipinski definition) is 2. The molecular weight excluding hydrogens is 256 g/mol. The lowest BCUT2D eigenvalue weighted by atomic mass is 9.92. The molecule has 0 spiro atoms. The smallest absolute Gasteiger partial charge is 0.310 e. The van der Waals surface area contributed by atoms with Crippen LogP contribution in [-0.4, -0.2) is 29.9 Å². The third-order valence-corrected chi connectivity index (χ3v) is 3.42. The molecule has 0 saturated carbocycles. The van der Waals surface area contributed by atoms with Gasteiger partial charge >= 0.3 is 5.97 Å². The normalized spacial score (nSPS) is 12.3. The lowest BCUT2D eigenvalue weighted by Crippen LogP contribution is -2.12. The van der Waals surface area contributed by atoms with Gasteiger partial charge in [-0.15, -0.1) is 0 Å². The van der Waals surface area contributed by atoms with Crippen molar-refractivity contribution in [2.45, 2.75) is 18.8 Å². The Labute approximate surface area is 117 Å². The molecule has 106 valence electrons. The predicted molar refractivity (Wildman–Crippen MR) is 77.2 cm³/mol. The molecule has 2 rings (SSSR count). The van der Waals surface area contributed by atoms with Crippen molar-refractivity contribution in [1.29, 1.82) is 0 Å². The molecule has 0 heterocycles. The Morgan fingerprint density at radius 1 is 1.20 bits per heavy atom. The van der Waals surface area contributed by atoms with E-state index >= 15 is 0 Å². The van der Waals surface area contributed by atoms with E-state index in [-0.39, 0.29) is 6.61 Å². The van der Waals surface area contributed by atoms with E-state index in [0.717, 1.165) is 22.1 Å².